The van der Waals surface area contributed by atoms with Crippen LogP contribution in [0, 0.1) is 0 Å². The zero-order valence-electron chi connectivity index (χ0n) is 11.0. The van der Waals surface area contributed by atoms with Crippen molar-refractivity contribution < 1.29 is 9.90 Å². The number of nitrogens with zero attached hydrogens (tertiary/aromatic N) is 2. The molecule has 1 aromatic heterocycles. The molecule has 18 heavy (non-hydrogen) atoms. The number of aliphatic hydroxyl groups is 1. The van der Waals surface area contributed by atoms with E-state index in [9.17, 15) is 9.90 Å². The Hall–Kier alpha value is -1.42. The van der Waals surface area contributed by atoms with E-state index >= 15 is 0 Å². The van der Waals surface area contributed by atoms with Crippen LogP contribution in [-0.4, -0.2) is 32.5 Å². The minimum atomic E-state index is -0.942. The van der Waals surface area contributed by atoms with Crippen molar-refractivity contribution in [1.82, 2.24) is 9.88 Å². The maximum Gasteiger partial charge on any atom is 0.225 e. The molecule has 1 fully saturated rings. The van der Waals surface area contributed by atoms with Gasteiger partial charge in [-0.3, -0.25) is 9.78 Å². The molecule has 1 amide bonds. The van der Waals surface area contributed by atoms with Crippen molar-refractivity contribution in [3.8, 4) is 0 Å². The molecule has 0 aromatic carbocycles. The van der Waals surface area contributed by atoms with E-state index in [0.29, 0.717) is 12.6 Å². The van der Waals surface area contributed by atoms with E-state index in [-0.39, 0.29) is 12.3 Å². The van der Waals surface area contributed by atoms with Crippen molar-refractivity contribution in [2.45, 2.75) is 51.3 Å². The number of carbonyl (C=O) groups is 1. The van der Waals surface area contributed by atoms with Crippen LogP contribution < -0.4 is 0 Å². The third-order valence-electron chi connectivity index (χ3n) is 2.99. The fourth-order valence-corrected chi connectivity index (χ4v) is 1.96. The lowest BCUT2D eigenvalue weighted by atomic mass is 10.0. The summed E-state index contributed by atoms with van der Waals surface area (Å²) in [5.74, 6) is 0.0295. The summed E-state index contributed by atoms with van der Waals surface area (Å²) in [5, 5.41) is 9.75. The Bertz CT molecular complexity index is 408. The molecule has 1 N–H and O–H groups in total. The molecule has 4 nitrogen and oxygen atoms in total. The minimum Gasteiger partial charge on any atom is -0.390 e. The average molecular weight is 248 g/mol. The standard InChI is InChI=1S/C14H20N2O2/c1-14(2,18)9-13(17)16(12-3-4-12)10-11-5-7-15-8-6-11/h5-8,12,18H,3-4,9-10H2,1-2H3. The number of carbonyl (C=O) groups excluding carboxylic acids is 1. The summed E-state index contributed by atoms with van der Waals surface area (Å²) < 4.78 is 0. The van der Waals surface area contributed by atoms with Crippen molar-refractivity contribution in [1.29, 1.82) is 0 Å². The number of hydrogen-bond donors (Lipinski definition) is 1. The molecule has 4 heteroatoms. The number of amides is 1. The van der Waals surface area contributed by atoms with E-state index in [4.69, 9.17) is 0 Å². The molecular formula is C14H20N2O2. The van der Waals surface area contributed by atoms with Gasteiger partial charge >= 0.3 is 0 Å². The second kappa shape index (κ2) is 5.06. The highest BCUT2D eigenvalue weighted by Crippen LogP contribution is 2.29. The van der Waals surface area contributed by atoms with Crippen LogP contribution in [0.1, 0.15) is 38.7 Å². The van der Waals surface area contributed by atoms with Gasteiger partial charge in [0.2, 0.25) is 5.91 Å². The first-order chi connectivity index (χ1) is 8.46. The van der Waals surface area contributed by atoms with Gasteiger partial charge in [-0.25, -0.2) is 0 Å². The van der Waals surface area contributed by atoms with E-state index in [1.54, 1.807) is 26.2 Å². The summed E-state index contributed by atoms with van der Waals surface area (Å²) in [6, 6.07) is 4.20. The molecule has 98 valence electrons. The highest BCUT2D eigenvalue weighted by Gasteiger charge is 2.34. The topological polar surface area (TPSA) is 53.4 Å². The van der Waals surface area contributed by atoms with Gasteiger partial charge < -0.3 is 10.0 Å². The molecule has 0 spiro atoms. The number of hydrogen-bond acceptors (Lipinski definition) is 3. The number of rotatable bonds is 5. The molecule has 1 saturated carbocycles. The number of aromatic nitrogens is 1. The zero-order chi connectivity index (χ0) is 13.2. The van der Waals surface area contributed by atoms with Crippen LogP contribution in [0.2, 0.25) is 0 Å². The molecule has 2 rings (SSSR count). The third kappa shape index (κ3) is 3.81. The minimum absolute atomic E-state index is 0.0295. The van der Waals surface area contributed by atoms with Crippen molar-refractivity contribution in [2.24, 2.45) is 0 Å². The van der Waals surface area contributed by atoms with Crippen LogP contribution >= 0.6 is 0 Å². The van der Waals surface area contributed by atoms with Crippen molar-refractivity contribution in [2.75, 3.05) is 0 Å². The Morgan fingerprint density at radius 2 is 2.06 bits per heavy atom. The monoisotopic (exact) mass is 248 g/mol. The maximum absolute atomic E-state index is 12.2. The lowest BCUT2D eigenvalue weighted by molar-refractivity contribution is -0.136. The van der Waals surface area contributed by atoms with Gasteiger partial charge in [0.1, 0.15) is 0 Å². The van der Waals surface area contributed by atoms with Gasteiger partial charge in [-0.1, -0.05) is 0 Å². The van der Waals surface area contributed by atoms with Crippen LogP contribution in [0.3, 0.4) is 0 Å². The maximum atomic E-state index is 12.2. The Balaban J connectivity index is 2.02. The number of pyridine rings is 1. The molecule has 0 saturated heterocycles. The third-order valence-corrected chi connectivity index (χ3v) is 2.99. The van der Waals surface area contributed by atoms with Crippen LogP contribution in [0.25, 0.3) is 0 Å². The fraction of sp³-hybridized carbons (Fsp3) is 0.571. The summed E-state index contributed by atoms with van der Waals surface area (Å²) in [6.07, 6.45) is 5.79. The smallest absolute Gasteiger partial charge is 0.225 e. The van der Waals surface area contributed by atoms with E-state index < -0.39 is 5.60 Å². The molecule has 0 radical (unpaired) electrons. The highest BCUT2D eigenvalue weighted by atomic mass is 16.3. The summed E-state index contributed by atoms with van der Waals surface area (Å²) >= 11 is 0. The Morgan fingerprint density at radius 3 is 2.56 bits per heavy atom. The average Bonchev–Trinajstić information content (AvgIpc) is 3.08. The summed E-state index contributed by atoms with van der Waals surface area (Å²) in [6.45, 7) is 3.95. The van der Waals surface area contributed by atoms with Crippen molar-refractivity contribution >= 4 is 5.91 Å². The van der Waals surface area contributed by atoms with Crippen LogP contribution in [0.5, 0.6) is 0 Å². The predicted octanol–water partition coefficient (Wildman–Crippen LogP) is 1.73. The Labute approximate surface area is 108 Å². The largest absolute Gasteiger partial charge is 0.390 e. The van der Waals surface area contributed by atoms with Gasteiger partial charge in [0.15, 0.2) is 0 Å². The molecule has 0 aliphatic heterocycles. The van der Waals surface area contributed by atoms with Crippen molar-refractivity contribution in [3.05, 3.63) is 30.1 Å². The van der Waals surface area contributed by atoms with Gasteiger partial charge in [0.25, 0.3) is 0 Å². The molecule has 1 aliphatic carbocycles. The van der Waals surface area contributed by atoms with E-state index in [0.717, 1.165) is 18.4 Å². The molecule has 0 atom stereocenters. The molecular weight excluding hydrogens is 228 g/mol. The lowest BCUT2D eigenvalue weighted by Crippen LogP contribution is -2.37. The van der Waals surface area contributed by atoms with Gasteiger partial charge in [0.05, 0.1) is 12.0 Å². The van der Waals surface area contributed by atoms with E-state index in [2.05, 4.69) is 4.98 Å². The Kier molecular flexibility index (Phi) is 3.66. The molecule has 0 bridgehead atoms. The molecule has 1 aliphatic rings. The van der Waals surface area contributed by atoms with Gasteiger partial charge in [0, 0.05) is 25.0 Å². The van der Waals surface area contributed by atoms with Gasteiger partial charge in [-0.15, -0.1) is 0 Å². The summed E-state index contributed by atoms with van der Waals surface area (Å²) in [5.41, 5.74) is 0.142. The summed E-state index contributed by atoms with van der Waals surface area (Å²) in [7, 11) is 0. The van der Waals surface area contributed by atoms with Crippen LogP contribution in [-0.2, 0) is 11.3 Å². The quantitative estimate of drug-likeness (QED) is 0.863. The summed E-state index contributed by atoms with van der Waals surface area (Å²) in [4.78, 5) is 18.1. The molecule has 1 heterocycles. The highest BCUT2D eigenvalue weighted by molar-refractivity contribution is 5.77. The van der Waals surface area contributed by atoms with Crippen LogP contribution in [0.4, 0.5) is 0 Å². The van der Waals surface area contributed by atoms with Gasteiger partial charge in [-0.05, 0) is 44.4 Å². The Morgan fingerprint density at radius 1 is 1.44 bits per heavy atom. The first kappa shape index (κ1) is 13.0. The molecule has 0 unspecified atom stereocenters. The SMILES string of the molecule is CC(C)(O)CC(=O)N(Cc1ccncc1)C1CC1. The van der Waals surface area contributed by atoms with E-state index in [1.165, 1.54) is 0 Å². The lowest BCUT2D eigenvalue weighted by Gasteiger charge is -2.26. The normalized spacial score (nSPS) is 15.5. The fourth-order valence-electron chi connectivity index (χ4n) is 1.96. The first-order valence-corrected chi connectivity index (χ1v) is 6.36. The second-order valence-corrected chi connectivity index (χ2v) is 5.60. The van der Waals surface area contributed by atoms with Crippen LogP contribution in [0.15, 0.2) is 24.5 Å². The molecule has 1 aromatic rings. The van der Waals surface area contributed by atoms with E-state index in [1.807, 2.05) is 17.0 Å². The zero-order valence-corrected chi connectivity index (χ0v) is 11.0. The van der Waals surface area contributed by atoms with Gasteiger partial charge in [-0.2, -0.15) is 0 Å². The second-order valence-electron chi connectivity index (χ2n) is 5.60. The predicted molar refractivity (Wildman–Crippen MR) is 68.7 cm³/mol. The first-order valence-electron chi connectivity index (χ1n) is 6.36. The van der Waals surface area contributed by atoms with Crippen molar-refractivity contribution in [3.63, 3.8) is 0 Å².